The van der Waals surface area contributed by atoms with Gasteiger partial charge in [0.1, 0.15) is 0 Å². The van der Waals surface area contributed by atoms with Crippen molar-refractivity contribution in [3.05, 3.63) is 65.0 Å². The first kappa shape index (κ1) is 18.1. The number of hydrogen-bond donors (Lipinski definition) is 1. The van der Waals surface area contributed by atoms with Crippen molar-refractivity contribution in [2.24, 2.45) is 0 Å². The number of hydrogen-bond acceptors (Lipinski definition) is 4. The van der Waals surface area contributed by atoms with E-state index in [2.05, 4.69) is 29.5 Å². The van der Waals surface area contributed by atoms with Crippen molar-refractivity contribution in [2.75, 3.05) is 19.5 Å². The lowest BCUT2D eigenvalue weighted by Gasteiger charge is -2.10. The van der Waals surface area contributed by atoms with Crippen molar-refractivity contribution in [2.45, 2.75) is 26.2 Å². The molecule has 0 saturated heterocycles. The fourth-order valence-electron chi connectivity index (χ4n) is 3.62. The minimum Gasteiger partial charge on any atom is -0.493 e. The SMILES string of the molecule is COc1ccc(NC(=O)c2nn(-c3ccc(C)cc3)c3c2CCC3)cc1OC. The molecule has 0 saturated carbocycles. The van der Waals surface area contributed by atoms with E-state index in [1.54, 1.807) is 32.4 Å². The van der Waals surface area contributed by atoms with Gasteiger partial charge in [0.25, 0.3) is 5.91 Å². The van der Waals surface area contributed by atoms with Crippen LogP contribution in [0.25, 0.3) is 5.69 Å². The molecule has 0 spiro atoms. The minimum absolute atomic E-state index is 0.212. The normalized spacial score (nSPS) is 12.5. The lowest BCUT2D eigenvalue weighted by atomic mass is 10.2. The van der Waals surface area contributed by atoms with E-state index in [0.29, 0.717) is 22.9 Å². The highest BCUT2D eigenvalue weighted by molar-refractivity contribution is 6.04. The number of anilines is 1. The number of nitrogens with one attached hydrogen (secondary N) is 1. The Morgan fingerprint density at radius 1 is 1.04 bits per heavy atom. The van der Waals surface area contributed by atoms with Crippen molar-refractivity contribution in [1.29, 1.82) is 0 Å². The Labute approximate surface area is 164 Å². The van der Waals surface area contributed by atoms with Crippen LogP contribution in [-0.4, -0.2) is 29.9 Å². The molecule has 28 heavy (non-hydrogen) atoms. The van der Waals surface area contributed by atoms with E-state index in [-0.39, 0.29) is 5.91 Å². The van der Waals surface area contributed by atoms with Gasteiger partial charge in [0.05, 0.1) is 19.9 Å². The van der Waals surface area contributed by atoms with Crippen LogP contribution in [0.4, 0.5) is 5.69 Å². The first-order chi connectivity index (χ1) is 13.6. The Balaban J connectivity index is 1.65. The second-order valence-corrected chi connectivity index (χ2v) is 6.90. The second-order valence-electron chi connectivity index (χ2n) is 6.90. The first-order valence-corrected chi connectivity index (χ1v) is 9.32. The molecule has 0 bridgehead atoms. The highest BCUT2D eigenvalue weighted by atomic mass is 16.5. The summed E-state index contributed by atoms with van der Waals surface area (Å²) >= 11 is 0. The maximum Gasteiger partial charge on any atom is 0.276 e. The van der Waals surface area contributed by atoms with E-state index in [1.165, 1.54) is 5.56 Å². The average Bonchev–Trinajstić information content (AvgIpc) is 3.31. The number of nitrogens with zero attached hydrogens (tertiary/aromatic N) is 2. The predicted molar refractivity (Wildman–Crippen MR) is 108 cm³/mol. The number of carbonyl (C=O) groups is 1. The van der Waals surface area contributed by atoms with Crippen molar-refractivity contribution in [3.8, 4) is 17.2 Å². The van der Waals surface area contributed by atoms with E-state index in [0.717, 1.165) is 36.2 Å². The molecule has 0 radical (unpaired) electrons. The molecule has 0 fully saturated rings. The van der Waals surface area contributed by atoms with Gasteiger partial charge in [-0.05, 0) is 50.5 Å². The van der Waals surface area contributed by atoms with Crippen LogP contribution in [0, 0.1) is 6.92 Å². The maximum atomic E-state index is 13.0. The van der Waals surface area contributed by atoms with Gasteiger partial charge in [0, 0.05) is 23.0 Å². The molecule has 3 aromatic rings. The molecule has 1 amide bonds. The number of amides is 1. The lowest BCUT2D eigenvalue weighted by Crippen LogP contribution is -2.15. The smallest absolute Gasteiger partial charge is 0.276 e. The van der Waals surface area contributed by atoms with E-state index in [9.17, 15) is 4.79 Å². The molecule has 1 aromatic heterocycles. The van der Waals surface area contributed by atoms with Gasteiger partial charge < -0.3 is 14.8 Å². The van der Waals surface area contributed by atoms with Crippen LogP contribution in [0.15, 0.2) is 42.5 Å². The number of aromatic nitrogens is 2. The molecule has 6 heteroatoms. The second kappa shape index (κ2) is 7.38. The van der Waals surface area contributed by atoms with Gasteiger partial charge >= 0.3 is 0 Å². The Hall–Kier alpha value is -3.28. The molecule has 2 aromatic carbocycles. The number of benzene rings is 2. The van der Waals surface area contributed by atoms with Crippen molar-refractivity contribution in [3.63, 3.8) is 0 Å². The first-order valence-electron chi connectivity index (χ1n) is 9.32. The Bertz CT molecular complexity index is 1020. The summed E-state index contributed by atoms with van der Waals surface area (Å²) in [6.45, 7) is 2.05. The van der Waals surface area contributed by atoms with E-state index < -0.39 is 0 Å². The van der Waals surface area contributed by atoms with E-state index in [4.69, 9.17) is 9.47 Å². The zero-order valence-electron chi connectivity index (χ0n) is 16.3. The molecule has 1 N–H and O–H groups in total. The quantitative estimate of drug-likeness (QED) is 0.731. The summed E-state index contributed by atoms with van der Waals surface area (Å²) < 4.78 is 12.5. The molecular weight excluding hydrogens is 354 g/mol. The third kappa shape index (κ3) is 3.22. The summed E-state index contributed by atoms with van der Waals surface area (Å²) in [5, 5.41) is 7.59. The van der Waals surface area contributed by atoms with Gasteiger partial charge in [-0.25, -0.2) is 4.68 Å². The zero-order chi connectivity index (χ0) is 19.7. The number of aryl methyl sites for hydroxylation is 1. The number of methoxy groups -OCH3 is 2. The molecule has 4 rings (SSSR count). The minimum atomic E-state index is -0.212. The van der Waals surface area contributed by atoms with Gasteiger partial charge in [-0.2, -0.15) is 5.10 Å². The number of carbonyl (C=O) groups excluding carboxylic acids is 1. The summed E-state index contributed by atoms with van der Waals surface area (Å²) in [7, 11) is 3.15. The summed E-state index contributed by atoms with van der Waals surface area (Å²) in [6, 6.07) is 13.5. The number of rotatable bonds is 5. The zero-order valence-corrected chi connectivity index (χ0v) is 16.3. The van der Waals surface area contributed by atoms with Gasteiger partial charge in [0.15, 0.2) is 17.2 Å². The van der Waals surface area contributed by atoms with Crippen LogP contribution in [0.1, 0.15) is 33.7 Å². The fraction of sp³-hybridized carbons (Fsp3) is 0.273. The highest BCUT2D eigenvalue weighted by Gasteiger charge is 2.27. The van der Waals surface area contributed by atoms with Gasteiger partial charge in [-0.1, -0.05) is 17.7 Å². The molecule has 1 heterocycles. The summed E-state index contributed by atoms with van der Waals surface area (Å²) in [4.78, 5) is 13.0. The van der Waals surface area contributed by atoms with E-state index >= 15 is 0 Å². The standard InChI is InChI=1S/C22H23N3O3/c1-14-7-10-16(11-8-14)25-18-6-4-5-17(18)21(24-25)22(26)23-15-9-12-19(27-2)20(13-15)28-3/h7-13H,4-6H2,1-3H3,(H,23,26). The highest BCUT2D eigenvalue weighted by Crippen LogP contribution is 2.31. The molecular formula is C22H23N3O3. The van der Waals surface area contributed by atoms with Crippen molar-refractivity contribution < 1.29 is 14.3 Å². The topological polar surface area (TPSA) is 65.4 Å². The summed E-state index contributed by atoms with van der Waals surface area (Å²) in [6.07, 6.45) is 2.84. The van der Waals surface area contributed by atoms with Gasteiger partial charge in [-0.15, -0.1) is 0 Å². The van der Waals surface area contributed by atoms with Gasteiger partial charge in [-0.3, -0.25) is 4.79 Å². The van der Waals surface area contributed by atoms with Crippen LogP contribution >= 0.6 is 0 Å². The maximum absolute atomic E-state index is 13.0. The number of ether oxygens (including phenoxy) is 2. The van der Waals surface area contributed by atoms with Crippen LogP contribution in [0.3, 0.4) is 0 Å². The van der Waals surface area contributed by atoms with Crippen LogP contribution in [0.5, 0.6) is 11.5 Å². The van der Waals surface area contributed by atoms with Crippen molar-refractivity contribution >= 4 is 11.6 Å². The summed E-state index contributed by atoms with van der Waals surface area (Å²) in [5.74, 6) is 0.969. The molecule has 1 aliphatic rings. The van der Waals surface area contributed by atoms with E-state index in [1.807, 2.05) is 16.8 Å². The summed E-state index contributed by atoms with van der Waals surface area (Å²) in [5.41, 5.74) is 5.47. The van der Waals surface area contributed by atoms with Gasteiger partial charge in [0.2, 0.25) is 0 Å². The third-order valence-electron chi connectivity index (χ3n) is 5.07. The third-order valence-corrected chi connectivity index (χ3v) is 5.07. The van der Waals surface area contributed by atoms with Crippen molar-refractivity contribution in [1.82, 2.24) is 9.78 Å². The lowest BCUT2D eigenvalue weighted by molar-refractivity contribution is 0.102. The fourth-order valence-corrected chi connectivity index (χ4v) is 3.62. The van der Waals surface area contributed by atoms with Crippen LogP contribution in [0.2, 0.25) is 0 Å². The molecule has 0 aliphatic heterocycles. The number of fused-ring (bicyclic) bond motifs is 1. The molecule has 0 atom stereocenters. The van der Waals surface area contributed by atoms with Crippen LogP contribution in [-0.2, 0) is 12.8 Å². The largest absolute Gasteiger partial charge is 0.493 e. The molecule has 144 valence electrons. The predicted octanol–water partition coefficient (Wildman–Crippen LogP) is 3.94. The Kier molecular flexibility index (Phi) is 4.77. The Morgan fingerprint density at radius 2 is 1.79 bits per heavy atom. The monoisotopic (exact) mass is 377 g/mol. The molecule has 1 aliphatic carbocycles. The Morgan fingerprint density at radius 3 is 2.50 bits per heavy atom. The molecule has 0 unspecified atom stereocenters. The van der Waals surface area contributed by atoms with Crippen LogP contribution < -0.4 is 14.8 Å². The average molecular weight is 377 g/mol. The molecule has 6 nitrogen and oxygen atoms in total.